The molecule has 1 N–H and O–H groups in total. The lowest BCUT2D eigenvalue weighted by molar-refractivity contribution is -0.125. The summed E-state index contributed by atoms with van der Waals surface area (Å²) in [7, 11) is 3.19. The minimum Gasteiger partial charge on any atom is -0.493 e. The second kappa shape index (κ2) is 10.0. The molecule has 1 saturated heterocycles. The summed E-state index contributed by atoms with van der Waals surface area (Å²) in [6.45, 7) is 2.41. The van der Waals surface area contributed by atoms with Crippen LogP contribution in [0.4, 0.5) is 5.69 Å². The summed E-state index contributed by atoms with van der Waals surface area (Å²) < 4.78 is 16.9. The van der Waals surface area contributed by atoms with Crippen LogP contribution in [0.5, 0.6) is 23.0 Å². The van der Waals surface area contributed by atoms with E-state index in [1.54, 1.807) is 20.4 Å². The molecular formula is C28H27N3O4. The van der Waals surface area contributed by atoms with Gasteiger partial charge in [-0.2, -0.15) is 0 Å². The topological polar surface area (TPSA) is 72.9 Å². The number of carbonyl (C=O) groups is 1. The number of rotatable bonds is 8. The summed E-state index contributed by atoms with van der Waals surface area (Å²) >= 11 is 0. The van der Waals surface area contributed by atoms with Gasteiger partial charge < -0.3 is 19.5 Å². The molecule has 178 valence electrons. The Labute approximate surface area is 204 Å². The third-order valence-electron chi connectivity index (χ3n) is 6.13. The van der Waals surface area contributed by atoms with Gasteiger partial charge in [-0.25, -0.2) is 0 Å². The molecule has 0 atom stereocenters. The number of hydrogen-bond acceptors (Lipinski definition) is 6. The van der Waals surface area contributed by atoms with E-state index in [4.69, 9.17) is 14.2 Å². The van der Waals surface area contributed by atoms with Crippen molar-refractivity contribution in [2.45, 2.75) is 6.54 Å². The van der Waals surface area contributed by atoms with Gasteiger partial charge in [-0.15, -0.1) is 0 Å². The highest BCUT2D eigenvalue weighted by molar-refractivity contribution is 5.93. The number of amides is 1. The zero-order chi connectivity index (χ0) is 24.2. The van der Waals surface area contributed by atoms with Crippen molar-refractivity contribution < 1.29 is 19.0 Å². The molecule has 1 aromatic heterocycles. The number of nitrogens with zero attached hydrogens (tertiary/aromatic N) is 2. The maximum Gasteiger partial charge on any atom is 0.230 e. The molecule has 0 bridgehead atoms. The van der Waals surface area contributed by atoms with Gasteiger partial charge in [-0.05, 0) is 42.0 Å². The van der Waals surface area contributed by atoms with E-state index in [0.29, 0.717) is 23.0 Å². The average Bonchev–Trinajstić information content (AvgIpc) is 2.87. The van der Waals surface area contributed by atoms with Crippen molar-refractivity contribution in [1.82, 2.24) is 9.88 Å². The Hall–Kier alpha value is -4.10. The van der Waals surface area contributed by atoms with E-state index in [9.17, 15) is 4.79 Å². The van der Waals surface area contributed by atoms with Crippen LogP contribution in [0.15, 0.2) is 79.0 Å². The van der Waals surface area contributed by atoms with Gasteiger partial charge in [0.1, 0.15) is 11.5 Å². The van der Waals surface area contributed by atoms with Crippen LogP contribution in [0.3, 0.4) is 0 Å². The fourth-order valence-corrected chi connectivity index (χ4v) is 4.22. The van der Waals surface area contributed by atoms with E-state index in [2.05, 4.69) is 27.3 Å². The molecule has 0 aliphatic carbocycles. The first-order valence-corrected chi connectivity index (χ1v) is 11.5. The SMILES string of the molecule is COc1cc2nccc(Oc3ccc(NC(=O)C4CN(Cc5ccccc5)C4)cc3)c2cc1OC. The number of pyridine rings is 1. The summed E-state index contributed by atoms with van der Waals surface area (Å²) in [6.07, 6.45) is 1.69. The van der Waals surface area contributed by atoms with Crippen LogP contribution >= 0.6 is 0 Å². The number of aromatic nitrogens is 1. The van der Waals surface area contributed by atoms with Crippen LogP contribution < -0.4 is 19.5 Å². The van der Waals surface area contributed by atoms with Crippen LogP contribution in [0, 0.1) is 5.92 Å². The molecule has 5 rings (SSSR count). The molecule has 3 aromatic carbocycles. The monoisotopic (exact) mass is 469 g/mol. The summed E-state index contributed by atoms with van der Waals surface area (Å²) in [5, 5.41) is 3.83. The highest BCUT2D eigenvalue weighted by Gasteiger charge is 2.32. The smallest absolute Gasteiger partial charge is 0.230 e. The maximum atomic E-state index is 12.6. The quantitative estimate of drug-likeness (QED) is 0.386. The average molecular weight is 470 g/mol. The minimum absolute atomic E-state index is 0.00444. The molecule has 7 nitrogen and oxygen atoms in total. The number of nitrogens with one attached hydrogen (secondary N) is 1. The van der Waals surface area contributed by atoms with Gasteiger partial charge in [-0.1, -0.05) is 30.3 Å². The van der Waals surface area contributed by atoms with Crippen molar-refractivity contribution >= 4 is 22.5 Å². The molecule has 2 heterocycles. The molecule has 0 spiro atoms. The Bertz CT molecular complexity index is 1320. The summed E-state index contributed by atoms with van der Waals surface area (Å²) in [5.41, 5.74) is 2.75. The highest BCUT2D eigenvalue weighted by Crippen LogP contribution is 2.37. The lowest BCUT2D eigenvalue weighted by Crippen LogP contribution is -2.51. The number of carbonyl (C=O) groups excluding carboxylic acids is 1. The second-order valence-corrected chi connectivity index (χ2v) is 8.53. The molecule has 4 aromatic rings. The van der Waals surface area contributed by atoms with Gasteiger partial charge >= 0.3 is 0 Å². The molecule has 1 amide bonds. The summed E-state index contributed by atoms with van der Waals surface area (Å²) in [6, 6.07) is 23.2. The van der Waals surface area contributed by atoms with Crippen molar-refractivity contribution in [2.75, 3.05) is 32.6 Å². The van der Waals surface area contributed by atoms with Gasteiger partial charge in [0.15, 0.2) is 11.5 Å². The highest BCUT2D eigenvalue weighted by atomic mass is 16.5. The Balaban J connectivity index is 1.20. The zero-order valence-electron chi connectivity index (χ0n) is 19.7. The lowest BCUT2D eigenvalue weighted by Gasteiger charge is -2.38. The first kappa shape index (κ1) is 22.7. The molecule has 0 radical (unpaired) electrons. The van der Waals surface area contributed by atoms with E-state index >= 15 is 0 Å². The largest absolute Gasteiger partial charge is 0.493 e. The van der Waals surface area contributed by atoms with Crippen molar-refractivity contribution in [3.05, 3.63) is 84.6 Å². The Morgan fingerprint density at radius 3 is 2.37 bits per heavy atom. The third-order valence-corrected chi connectivity index (χ3v) is 6.13. The molecular weight excluding hydrogens is 442 g/mol. The normalized spacial score (nSPS) is 13.8. The van der Waals surface area contributed by atoms with Crippen molar-refractivity contribution in [3.63, 3.8) is 0 Å². The summed E-state index contributed by atoms with van der Waals surface area (Å²) in [5.74, 6) is 2.58. The van der Waals surface area contributed by atoms with Crippen LogP contribution in [0.25, 0.3) is 10.9 Å². The van der Waals surface area contributed by atoms with Crippen molar-refractivity contribution in [1.29, 1.82) is 0 Å². The van der Waals surface area contributed by atoms with Gasteiger partial charge in [0.25, 0.3) is 0 Å². The third kappa shape index (κ3) is 5.05. The number of likely N-dealkylation sites (tertiary alicyclic amines) is 1. The van der Waals surface area contributed by atoms with E-state index in [1.807, 2.05) is 60.7 Å². The molecule has 35 heavy (non-hydrogen) atoms. The van der Waals surface area contributed by atoms with Crippen LogP contribution in [0.2, 0.25) is 0 Å². The number of methoxy groups -OCH3 is 2. The van der Waals surface area contributed by atoms with Gasteiger partial charge in [0, 0.05) is 43.0 Å². The van der Waals surface area contributed by atoms with Crippen LogP contribution in [-0.4, -0.2) is 43.1 Å². The second-order valence-electron chi connectivity index (χ2n) is 8.53. The molecule has 1 aliphatic rings. The van der Waals surface area contributed by atoms with Gasteiger partial charge in [-0.3, -0.25) is 14.7 Å². The summed E-state index contributed by atoms with van der Waals surface area (Å²) in [4.78, 5) is 19.3. The zero-order valence-corrected chi connectivity index (χ0v) is 19.7. The molecule has 7 heteroatoms. The molecule has 0 saturated carbocycles. The standard InChI is InChI=1S/C28H27N3O4/c1-33-26-14-23-24(15-27(26)34-2)29-13-12-25(23)35-22-10-8-21(9-11-22)30-28(32)20-17-31(18-20)16-19-6-4-3-5-7-19/h3-15,20H,16-18H2,1-2H3,(H,30,32). The fraction of sp³-hybridized carbons (Fsp3) is 0.214. The van der Waals surface area contributed by atoms with E-state index in [1.165, 1.54) is 5.56 Å². The molecule has 1 aliphatic heterocycles. The van der Waals surface area contributed by atoms with Gasteiger partial charge in [0.2, 0.25) is 5.91 Å². The first-order valence-electron chi connectivity index (χ1n) is 11.5. The number of fused-ring (bicyclic) bond motifs is 1. The molecule has 0 unspecified atom stereocenters. The van der Waals surface area contributed by atoms with Crippen LogP contribution in [0.1, 0.15) is 5.56 Å². The first-order chi connectivity index (χ1) is 17.1. The number of ether oxygens (including phenoxy) is 3. The number of anilines is 1. The Morgan fingerprint density at radius 1 is 0.943 bits per heavy atom. The fourth-order valence-electron chi connectivity index (χ4n) is 4.22. The maximum absolute atomic E-state index is 12.6. The van der Waals surface area contributed by atoms with E-state index in [0.717, 1.165) is 36.2 Å². The number of hydrogen-bond donors (Lipinski definition) is 1. The predicted molar refractivity (Wildman–Crippen MR) is 135 cm³/mol. The minimum atomic E-state index is 0.00444. The van der Waals surface area contributed by atoms with Crippen molar-refractivity contribution in [3.8, 4) is 23.0 Å². The lowest BCUT2D eigenvalue weighted by atomic mass is 9.98. The van der Waals surface area contributed by atoms with E-state index < -0.39 is 0 Å². The van der Waals surface area contributed by atoms with Crippen molar-refractivity contribution in [2.24, 2.45) is 5.92 Å². The van der Waals surface area contributed by atoms with Gasteiger partial charge in [0.05, 0.1) is 25.7 Å². The Kier molecular flexibility index (Phi) is 6.50. The molecule has 1 fully saturated rings. The van der Waals surface area contributed by atoms with E-state index in [-0.39, 0.29) is 11.8 Å². The van der Waals surface area contributed by atoms with Crippen LogP contribution in [-0.2, 0) is 11.3 Å². The Morgan fingerprint density at radius 2 is 1.66 bits per heavy atom. The predicted octanol–water partition coefficient (Wildman–Crippen LogP) is 5.11. The number of benzene rings is 3.